The Balaban J connectivity index is 1.64. The van der Waals surface area contributed by atoms with Crippen molar-refractivity contribution >= 4 is 15.9 Å². The van der Waals surface area contributed by atoms with Gasteiger partial charge in [0.25, 0.3) is 0 Å². The minimum absolute atomic E-state index is 0.230. The van der Waals surface area contributed by atoms with Gasteiger partial charge in [-0.1, -0.05) is 44.2 Å². The first kappa shape index (κ1) is 17.4. The van der Waals surface area contributed by atoms with Crippen molar-refractivity contribution in [3.63, 3.8) is 0 Å². The Kier molecular flexibility index (Phi) is 5.66. The van der Waals surface area contributed by atoms with Crippen LogP contribution in [0.15, 0.2) is 65.3 Å². The number of benzene rings is 2. The molecule has 1 aromatic heterocycles. The van der Waals surface area contributed by atoms with E-state index in [-0.39, 0.29) is 5.92 Å². The first-order chi connectivity index (χ1) is 12.1. The van der Waals surface area contributed by atoms with Crippen LogP contribution in [0, 0.1) is 0 Å². The van der Waals surface area contributed by atoms with E-state index in [1.54, 1.807) is 6.07 Å². The Labute approximate surface area is 156 Å². The highest BCUT2D eigenvalue weighted by Gasteiger charge is 2.08. The molecule has 0 saturated carbocycles. The standard InChI is InChI=1S/C20H19BrN2O2/c1-14(2)20-22-18(21)12-19(23-20)25-17-10-8-16(9-11-17)24-13-15-6-4-3-5-7-15/h3-12,14H,13H2,1-2H3. The van der Waals surface area contributed by atoms with Crippen molar-refractivity contribution in [3.8, 4) is 17.4 Å². The smallest absolute Gasteiger partial charge is 0.223 e. The third-order valence-electron chi connectivity index (χ3n) is 3.50. The maximum absolute atomic E-state index is 5.83. The molecule has 3 aromatic rings. The van der Waals surface area contributed by atoms with Crippen molar-refractivity contribution in [2.24, 2.45) is 0 Å². The molecule has 4 nitrogen and oxygen atoms in total. The summed E-state index contributed by atoms with van der Waals surface area (Å²) >= 11 is 3.40. The topological polar surface area (TPSA) is 44.2 Å². The number of ether oxygens (including phenoxy) is 2. The number of nitrogens with zero attached hydrogens (tertiary/aromatic N) is 2. The van der Waals surface area contributed by atoms with E-state index in [9.17, 15) is 0 Å². The molecule has 128 valence electrons. The normalized spacial score (nSPS) is 10.7. The van der Waals surface area contributed by atoms with Gasteiger partial charge in [0, 0.05) is 12.0 Å². The number of halogens is 1. The maximum Gasteiger partial charge on any atom is 0.223 e. The molecule has 0 amide bonds. The molecule has 0 bridgehead atoms. The summed E-state index contributed by atoms with van der Waals surface area (Å²) in [6.45, 7) is 4.63. The van der Waals surface area contributed by atoms with E-state index >= 15 is 0 Å². The van der Waals surface area contributed by atoms with Crippen molar-refractivity contribution in [1.29, 1.82) is 0 Å². The predicted molar refractivity (Wildman–Crippen MR) is 101 cm³/mol. The van der Waals surface area contributed by atoms with Crippen molar-refractivity contribution in [2.75, 3.05) is 0 Å². The summed E-state index contributed by atoms with van der Waals surface area (Å²) in [5.74, 6) is 2.99. The first-order valence-corrected chi connectivity index (χ1v) is 8.88. The number of hydrogen-bond acceptors (Lipinski definition) is 4. The van der Waals surface area contributed by atoms with Gasteiger partial charge in [-0.3, -0.25) is 0 Å². The Morgan fingerprint density at radius 1 is 0.920 bits per heavy atom. The molecule has 1 heterocycles. The second-order valence-electron chi connectivity index (χ2n) is 5.89. The predicted octanol–water partition coefficient (Wildman–Crippen LogP) is 5.73. The quantitative estimate of drug-likeness (QED) is 0.497. The lowest BCUT2D eigenvalue weighted by Crippen LogP contribution is -2.00. The largest absolute Gasteiger partial charge is 0.489 e. The maximum atomic E-state index is 5.83. The van der Waals surface area contributed by atoms with Gasteiger partial charge in [0.05, 0.1) is 0 Å². The Morgan fingerprint density at radius 2 is 1.60 bits per heavy atom. The second kappa shape index (κ2) is 8.12. The van der Waals surface area contributed by atoms with E-state index in [1.165, 1.54) is 0 Å². The summed E-state index contributed by atoms with van der Waals surface area (Å²) in [5.41, 5.74) is 1.13. The second-order valence-corrected chi connectivity index (χ2v) is 6.70. The molecule has 0 aliphatic rings. The highest BCUT2D eigenvalue weighted by atomic mass is 79.9. The summed E-state index contributed by atoms with van der Waals surface area (Å²) in [4.78, 5) is 8.78. The van der Waals surface area contributed by atoms with Gasteiger partial charge in [0.1, 0.15) is 28.5 Å². The molecular formula is C20H19BrN2O2. The summed E-state index contributed by atoms with van der Waals surface area (Å²) in [5, 5.41) is 0. The molecule has 0 spiro atoms. The van der Waals surface area contributed by atoms with Crippen LogP contribution >= 0.6 is 15.9 Å². The Bertz CT molecular complexity index is 821. The lowest BCUT2D eigenvalue weighted by molar-refractivity contribution is 0.305. The van der Waals surface area contributed by atoms with E-state index in [0.717, 1.165) is 17.1 Å². The summed E-state index contributed by atoms with van der Waals surface area (Å²) in [6.07, 6.45) is 0. The average molecular weight is 399 g/mol. The molecule has 0 unspecified atom stereocenters. The monoisotopic (exact) mass is 398 g/mol. The molecule has 0 fully saturated rings. The van der Waals surface area contributed by atoms with Crippen LogP contribution in [0.4, 0.5) is 0 Å². The molecule has 0 aliphatic carbocycles. The zero-order valence-electron chi connectivity index (χ0n) is 14.1. The van der Waals surface area contributed by atoms with Crippen molar-refractivity contribution < 1.29 is 9.47 Å². The molecule has 0 radical (unpaired) electrons. The minimum Gasteiger partial charge on any atom is -0.489 e. The lowest BCUT2D eigenvalue weighted by Gasteiger charge is -2.10. The lowest BCUT2D eigenvalue weighted by atomic mass is 10.2. The summed E-state index contributed by atoms with van der Waals surface area (Å²) in [6, 6.07) is 19.3. The number of rotatable bonds is 6. The SMILES string of the molecule is CC(C)c1nc(Br)cc(Oc2ccc(OCc3ccccc3)cc2)n1. The van der Waals surface area contributed by atoms with Crippen LogP contribution in [0.2, 0.25) is 0 Å². The molecule has 0 aliphatic heterocycles. The van der Waals surface area contributed by atoms with Crippen molar-refractivity contribution in [1.82, 2.24) is 9.97 Å². The van der Waals surface area contributed by atoms with Crippen LogP contribution < -0.4 is 9.47 Å². The average Bonchev–Trinajstić information content (AvgIpc) is 2.61. The Morgan fingerprint density at radius 3 is 2.28 bits per heavy atom. The van der Waals surface area contributed by atoms with Gasteiger partial charge in [-0.05, 0) is 45.8 Å². The van der Waals surface area contributed by atoms with Crippen LogP contribution in [-0.2, 0) is 6.61 Å². The van der Waals surface area contributed by atoms with E-state index in [4.69, 9.17) is 9.47 Å². The molecule has 0 atom stereocenters. The third kappa shape index (κ3) is 5.03. The molecule has 0 N–H and O–H groups in total. The van der Waals surface area contributed by atoms with Gasteiger partial charge in [0.2, 0.25) is 5.88 Å². The molecular weight excluding hydrogens is 380 g/mol. The van der Waals surface area contributed by atoms with Crippen molar-refractivity contribution in [3.05, 3.63) is 76.7 Å². The molecule has 25 heavy (non-hydrogen) atoms. The van der Waals surface area contributed by atoms with E-state index in [0.29, 0.717) is 22.8 Å². The van der Waals surface area contributed by atoms with Crippen molar-refractivity contribution in [2.45, 2.75) is 26.4 Å². The highest BCUT2D eigenvalue weighted by molar-refractivity contribution is 9.10. The van der Waals surface area contributed by atoms with E-state index in [2.05, 4.69) is 25.9 Å². The van der Waals surface area contributed by atoms with Gasteiger partial charge in [-0.2, -0.15) is 4.98 Å². The third-order valence-corrected chi connectivity index (χ3v) is 3.91. The van der Waals surface area contributed by atoms with Crippen LogP contribution in [0.1, 0.15) is 31.2 Å². The summed E-state index contributed by atoms with van der Waals surface area (Å²) < 4.78 is 12.3. The molecule has 2 aromatic carbocycles. The van der Waals surface area contributed by atoms with Gasteiger partial charge in [-0.25, -0.2) is 4.98 Å². The highest BCUT2D eigenvalue weighted by Crippen LogP contribution is 2.26. The van der Waals surface area contributed by atoms with Gasteiger partial charge >= 0.3 is 0 Å². The van der Waals surface area contributed by atoms with Crippen LogP contribution in [-0.4, -0.2) is 9.97 Å². The fraction of sp³-hybridized carbons (Fsp3) is 0.200. The zero-order chi connectivity index (χ0) is 17.6. The fourth-order valence-corrected chi connectivity index (χ4v) is 2.57. The van der Waals surface area contributed by atoms with Gasteiger partial charge in [0.15, 0.2) is 0 Å². The first-order valence-electron chi connectivity index (χ1n) is 8.09. The Hall–Kier alpha value is -2.40. The fourth-order valence-electron chi connectivity index (χ4n) is 2.19. The van der Waals surface area contributed by atoms with Crippen LogP contribution in [0.3, 0.4) is 0 Å². The van der Waals surface area contributed by atoms with E-state index in [1.807, 2.05) is 68.4 Å². The number of hydrogen-bond donors (Lipinski definition) is 0. The molecule has 3 rings (SSSR count). The van der Waals surface area contributed by atoms with Crippen LogP contribution in [0.25, 0.3) is 0 Å². The van der Waals surface area contributed by atoms with Gasteiger partial charge in [-0.15, -0.1) is 0 Å². The molecule has 0 saturated heterocycles. The minimum atomic E-state index is 0.230. The van der Waals surface area contributed by atoms with Crippen LogP contribution in [0.5, 0.6) is 17.4 Å². The molecule has 5 heteroatoms. The van der Waals surface area contributed by atoms with E-state index < -0.39 is 0 Å². The summed E-state index contributed by atoms with van der Waals surface area (Å²) in [7, 11) is 0. The van der Waals surface area contributed by atoms with Gasteiger partial charge < -0.3 is 9.47 Å². The number of aromatic nitrogens is 2. The zero-order valence-corrected chi connectivity index (χ0v) is 15.7.